The number of hydrogen-bond acceptors (Lipinski definition) is 3. The number of aliphatic imine (C=N–C) groups is 1. The molecule has 2 rings (SSSR count). The van der Waals surface area contributed by atoms with E-state index >= 15 is 0 Å². The Morgan fingerprint density at radius 3 is 2.62 bits per heavy atom. The minimum Gasteiger partial charge on any atom is -0.255 e. The number of nitrogens with zero attached hydrogens (tertiary/aromatic N) is 4. The zero-order chi connectivity index (χ0) is 11.4. The Labute approximate surface area is 94.6 Å². The lowest BCUT2D eigenvalue weighted by Gasteiger charge is -2.00. The fourth-order valence-electron chi connectivity index (χ4n) is 1.26. The average molecular weight is 214 g/mol. The molecule has 1 aromatic heterocycles. The summed E-state index contributed by atoms with van der Waals surface area (Å²) in [5.74, 6) is 0. The number of para-hydroxylation sites is 1. The number of benzene rings is 1. The van der Waals surface area contributed by atoms with Gasteiger partial charge in [0, 0.05) is 6.04 Å². The van der Waals surface area contributed by atoms with Crippen LogP contribution in [0.25, 0.3) is 0 Å². The summed E-state index contributed by atoms with van der Waals surface area (Å²) >= 11 is 0. The molecule has 82 valence electrons. The van der Waals surface area contributed by atoms with Crippen molar-refractivity contribution in [2.45, 2.75) is 19.9 Å². The average Bonchev–Trinajstić information content (AvgIpc) is 2.76. The van der Waals surface area contributed by atoms with Crippen molar-refractivity contribution in [1.29, 1.82) is 0 Å². The monoisotopic (exact) mass is 214 g/mol. The van der Waals surface area contributed by atoms with E-state index in [1.807, 2.05) is 41.2 Å². The summed E-state index contributed by atoms with van der Waals surface area (Å²) in [4.78, 5) is 4.31. The van der Waals surface area contributed by atoms with Gasteiger partial charge in [0.15, 0.2) is 0 Å². The molecule has 0 amide bonds. The van der Waals surface area contributed by atoms with Crippen molar-refractivity contribution >= 4 is 11.9 Å². The first-order valence-corrected chi connectivity index (χ1v) is 5.26. The largest absolute Gasteiger partial charge is 0.255 e. The first-order valence-electron chi connectivity index (χ1n) is 5.26. The van der Waals surface area contributed by atoms with E-state index in [0.29, 0.717) is 6.04 Å². The third-order valence-electron chi connectivity index (χ3n) is 2.16. The van der Waals surface area contributed by atoms with E-state index < -0.39 is 0 Å². The quantitative estimate of drug-likeness (QED) is 0.737. The topological polar surface area (TPSA) is 43.1 Å². The third-order valence-corrected chi connectivity index (χ3v) is 2.16. The number of rotatable bonds is 3. The van der Waals surface area contributed by atoms with E-state index in [2.05, 4.69) is 29.2 Å². The van der Waals surface area contributed by atoms with Crippen LogP contribution in [0.5, 0.6) is 0 Å². The Morgan fingerprint density at radius 2 is 2.00 bits per heavy atom. The van der Waals surface area contributed by atoms with Crippen LogP contribution < -0.4 is 0 Å². The van der Waals surface area contributed by atoms with Crippen molar-refractivity contribution in [2.24, 2.45) is 4.99 Å². The van der Waals surface area contributed by atoms with Crippen molar-refractivity contribution in [3.63, 3.8) is 0 Å². The van der Waals surface area contributed by atoms with Gasteiger partial charge in [0.2, 0.25) is 0 Å². The van der Waals surface area contributed by atoms with Gasteiger partial charge in [0.05, 0.1) is 18.1 Å². The minimum atomic E-state index is 0.325. The Balaban J connectivity index is 2.12. The van der Waals surface area contributed by atoms with Crippen molar-refractivity contribution in [3.05, 3.63) is 42.2 Å². The molecule has 0 aliphatic carbocycles. The van der Waals surface area contributed by atoms with Crippen LogP contribution in [0.1, 0.15) is 25.6 Å². The molecule has 2 aromatic rings. The molecule has 0 bridgehead atoms. The Morgan fingerprint density at radius 1 is 1.25 bits per heavy atom. The lowest BCUT2D eigenvalue weighted by atomic mass is 10.3. The molecule has 0 atom stereocenters. The number of aromatic nitrogens is 3. The highest BCUT2D eigenvalue weighted by atomic mass is 15.4. The summed E-state index contributed by atoms with van der Waals surface area (Å²) in [7, 11) is 0. The standard InChI is InChI=1S/C12H14N4/c1-10(2)16-9-12(14-15-16)8-13-11-6-4-3-5-7-11/h3-10H,1-2H3. The molecule has 1 heterocycles. The fraction of sp³-hybridized carbons (Fsp3) is 0.250. The van der Waals surface area contributed by atoms with Gasteiger partial charge in [-0.05, 0) is 26.0 Å². The molecular weight excluding hydrogens is 200 g/mol. The van der Waals surface area contributed by atoms with Crippen LogP contribution in [0.4, 0.5) is 5.69 Å². The van der Waals surface area contributed by atoms with E-state index in [1.165, 1.54) is 0 Å². The maximum absolute atomic E-state index is 4.31. The van der Waals surface area contributed by atoms with Gasteiger partial charge in [-0.3, -0.25) is 4.99 Å². The molecule has 4 nitrogen and oxygen atoms in total. The summed E-state index contributed by atoms with van der Waals surface area (Å²) < 4.78 is 1.81. The van der Waals surface area contributed by atoms with Gasteiger partial charge in [-0.25, -0.2) is 4.68 Å². The molecule has 1 aromatic carbocycles. The maximum atomic E-state index is 4.31. The van der Waals surface area contributed by atoms with Gasteiger partial charge < -0.3 is 0 Å². The van der Waals surface area contributed by atoms with Gasteiger partial charge in [0.25, 0.3) is 0 Å². The first-order chi connectivity index (χ1) is 7.75. The Kier molecular flexibility index (Phi) is 3.10. The van der Waals surface area contributed by atoms with Crippen molar-refractivity contribution in [3.8, 4) is 0 Å². The molecule has 0 saturated carbocycles. The summed E-state index contributed by atoms with van der Waals surface area (Å²) in [6, 6.07) is 10.1. The van der Waals surface area contributed by atoms with Crippen molar-refractivity contribution in [2.75, 3.05) is 0 Å². The summed E-state index contributed by atoms with van der Waals surface area (Å²) in [6.07, 6.45) is 3.61. The Bertz CT molecular complexity index is 471. The van der Waals surface area contributed by atoms with E-state index in [1.54, 1.807) is 6.21 Å². The highest BCUT2D eigenvalue weighted by Gasteiger charge is 2.00. The van der Waals surface area contributed by atoms with Crippen LogP contribution in [0.2, 0.25) is 0 Å². The molecule has 0 unspecified atom stereocenters. The SMILES string of the molecule is CC(C)n1cc(C=Nc2ccccc2)nn1. The van der Waals surface area contributed by atoms with E-state index in [4.69, 9.17) is 0 Å². The van der Waals surface area contributed by atoms with Gasteiger partial charge in [-0.1, -0.05) is 23.4 Å². The normalized spacial score (nSPS) is 11.4. The molecule has 4 heteroatoms. The van der Waals surface area contributed by atoms with Crippen LogP contribution in [0, 0.1) is 0 Å². The predicted octanol–water partition coefficient (Wildman–Crippen LogP) is 2.61. The summed E-state index contributed by atoms with van der Waals surface area (Å²) in [6.45, 7) is 4.12. The van der Waals surface area contributed by atoms with Gasteiger partial charge in [0.1, 0.15) is 5.69 Å². The maximum Gasteiger partial charge on any atom is 0.124 e. The zero-order valence-electron chi connectivity index (χ0n) is 9.41. The highest BCUT2D eigenvalue weighted by molar-refractivity contribution is 5.78. The molecule has 0 saturated heterocycles. The number of hydrogen-bond donors (Lipinski definition) is 0. The third kappa shape index (κ3) is 2.53. The summed E-state index contributed by atoms with van der Waals surface area (Å²) in [5, 5.41) is 8.02. The highest BCUT2D eigenvalue weighted by Crippen LogP contribution is 2.09. The van der Waals surface area contributed by atoms with Crippen LogP contribution in [0.15, 0.2) is 41.5 Å². The van der Waals surface area contributed by atoms with Crippen LogP contribution >= 0.6 is 0 Å². The minimum absolute atomic E-state index is 0.325. The van der Waals surface area contributed by atoms with Gasteiger partial charge >= 0.3 is 0 Å². The molecule has 0 aliphatic heterocycles. The van der Waals surface area contributed by atoms with Gasteiger partial charge in [-0.2, -0.15) is 0 Å². The second-order valence-corrected chi connectivity index (χ2v) is 3.81. The lowest BCUT2D eigenvalue weighted by molar-refractivity contribution is 0.514. The van der Waals surface area contributed by atoms with E-state index in [0.717, 1.165) is 11.4 Å². The lowest BCUT2D eigenvalue weighted by Crippen LogP contribution is -2.00. The van der Waals surface area contributed by atoms with Crippen molar-refractivity contribution in [1.82, 2.24) is 15.0 Å². The smallest absolute Gasteiger partial charge is 0.124 e. The predicted molar refractivity (Wildman–Crippen MR) is 64.1 cm³/mol. The summed E-state index contributed by atoms with van der Waals surface area (Å²) in [5.41, 5.74) is 1.69. The molecule has 0 N–H and O–H groups in total. The molecular formula is C12H14N4. The molecule has 0 fully saturated rings. The van der Waals surface area contributed by atoms with Gasteiger partial charge in [-0.15, -0.1) is 5.10 Å². The van der Waals surface area contributed by atoms with Crippen LogP contribution in [-0.2, 0) is 0 Å². The second kappa shape index (κ2) is 4.70. The Hall–Kier alpha value is -1.97. The van der Waals surface area contributed by atoms with E-state index in [-0.39, 0.29) is 0 Å². The van der Waals surface area contributed by atoms with Crippen LogP contribution in [0.3, 0.4) is 0 Å². The second-order valence-electron chi connectivity index (χ2n) is 3.81. The molecule has 16 heavy (non-hydrogen) atoms. The molecule has 0 spiro atoms. The first kappa shape index (κ1) is 10.5. The van der Waals surface area contributed by atoms with Crippen LogP contribution in [-0.4, -0.2) is 21.2 Å². The van der Waals surface area contributed by atoms with E-state index in [9.17, 15) is 0 Å². The molecule has 0 aliphatic rings. The van der Waals surface area contributed by atoms with Crippen molar-refractivity contribution < 1.29 is 0 Å². The molecule has 0 radical (unpaired) electrons. The fourth-order valence-corrected chi connectivity index (χ4v) is 1.26. The zero-order valence-corrected chi connectivity index (χ0v) is 9.41.